The highest BCUT2D eigenvalue weighted by Crippen LogP contribution is 2.28. The first-order chi connectivity index (χ1) is 6.43. The van der Waals surface area contributed by atoms with E-state index in [4.69, 9.17) is 10.8 Å². The Hall–Kier alpha value is -1.55. The molecule has 4 heteroatoms. The van der Waals surface area contributed by atoms with Gasteiger partial charge in [-0.2, -0.15) is 0 Å². The highest BCUT2D eigenvalue weighted by molar-refractivity contribution is 5.91. The van der Waals surface area contributed by atoms with Crippen LogP contribution in [0.2, 0.25) is 0 Å². The lowest BCUT2D eigenvalue weighted by molar-refractivity contribution is 0.0693. The summed E-state index contributed by atoms with van der Waals surface area (Å²) in [5, 5.41) is 18.4. The number of rotatable bonds is 2. The number of aromatic hydroxyl groups is 1. The van der Waals surface area contributed by atoms with E-state index in [1.54, 1.807) is 19.9 Å². The third-order valence-electron chi connectivity index (χ3n) is 2.00. The first kappa shape index (κ1) is 10.5. The first-order valence-electron chi connectivity index (χ1n) is 4.26. The van der Waals surface area contributed by atoms with Gasteiger partial charge in [0.2, 0.25) is 0 Å². The van der Waals surface area contributed by atoms with E-state index in [1.807, 2.05) is 0 Å². The van der Waals surface area contributed by atoms with E-state index >= 15 is 0 Å². The van der Waals surface area contributed by atoms with Crippen molar-refractivity contribution in [2.45, 2.75) is 19.9 Å². The van der Waals surface area contributed by atoms with Crippen LogP contribution in [0.15, 0.2) is 12.1 Å². The maximum atomic E-state index is 10.7. The van der Waals surface area contributed by atoms with Gasteiger partial charge in [0.25, 0.3) is 0 Å². The molecule has 14 heavy (non-hydrogen) atoms. The average Bonchev–Trinajstić information content (AvgIpc) is 2.07. The van der Waals surface area contributed by atoms with E-state index in [2.05, 4.69) is 0 Å². The molecule has 0 bridgehead atoms. The van der Waals surface area contributed by atoms with Crippen molar-refractivity contribution in [3.05, 3.63) is 28.8 Å². The Morgan fingerprint density at radius 1 is 1.50 bits per heavy atom. The van der Waals surface area contributed by atoms with E-state index in [1.165, 1.54) is 6.07 Å². The predicted octanol–water partition coefficient (Wildman–Crippen LogP) is 1.42. The Morgan fingerprint density at radius 2 is 2.07 bits per heavy atom. The molecule has 4 nitrogen and oxygen atoms in total. The lowest BCUT2D eigenvalue weighted by Gasteiger charge is -2.11. The van der Waals surface area contributed by atoms with Crippen molar-refractivity contribution < 1.29 is 15.0 Å². The van der Waals surface area contributed by atoms with Crippen LogP contribution in [-0.2, 0) is 0 Å². The van der Waals surface area contributed by atoms with E-state index in [9.17, 15) is 9.90 Å². The van der Waals surface area contributed by atoms with Crippen LogP contribution >= 0.6 is 0 Å². The molecule has 0 aliphatic heterocycles. The maximum absolute atomic E-state index is 10.7. The fraction of sp³-hybridized carbons (Fsp3) is 0.300. The Balaban J connectivity index is 3.40. The summed E-state index contributed by atoms with van der Waals surface area (Å²) >= 11 is 0. The first-order valence-corrected chi connectivity index (χ1v) is 4.26. The quantitative estimate of drug-likeness (QED) is 0.666. The summed E-state index contributed by atoms with van der Waals surface area (Å²) in [5.74, 6) is -1.38. The fourth-order valence-corrected chi connectivity index (χ4v) is 1.32. The minimum absolute atomic E-state index is 0.0997. The smallest absolute Gasteiger partial charge is 0.339 e. The Bertz CT molecular complexity index is 372. The minimum atomic E-state index is -1.15. The van der Waals surface area contributed by atoms with E-state index in [0.29, 0.717) is 5.56 Å². The molecular weight excluding hydrogens is 182 g/mol. The van der Waals surface area contributed by atoms with Crippen molar-refractivity contribution in [2.24, 2.45) is 5.73 Å². The molecule has 1 aromatic carbocycles. The number of carboxylic acids is 1. The molecule has 4 N–H and O–H groups in total. The molecule has 0 unspecified atom stereocenters. The number of aromatic carboxylic acids is 1. The molecule has 0 spiro atoms. The Labute approximate surface area is 82.0 Å². The van der Waals surface area contributed by atoms with Crippen molar-refractivity contribution in [1.29, 1.82) is 0 Å². The minimum Gasteiger partial charge on any atom is -0.507 e. The third-order valence-corrected chi connectivity index (χ3v) is 2.00. The van der Waals surface area contributed by atoms with E-state index in [-0.39, 0.29) is 17.4 Å². The van der Waals surface area contributed by atoms with Crippen molar-refractivity contribution in [1.82, 2.24) is 0 Å². The fourth-order valence-electron chi connectivity index (χ4n) is 1.32. The predicted molar refractivity (Wildman–Crippen MR) is 52.4 cm³/mol. The van der Waals surface area contributed by atoms with Gasteiger partial charge < -0.3 is 15.9 Å². The van der Waals surface area contributed by atoms with Gasteiger partial charge in [0.1, 0.15) is 11.3 Å². The highest BCUT2D eigenvalue weighted by Gasteiger charge is 2.16. The monoisotopic (exact) mass is 195 g/mol. The van der Waals surface area contributed by atoms with Gasteiger partial charge in [-0.1, -0.05) is 6.07 Å². The molecule has 0 saturated heterocycles. The molecule has 0 aromatic heterocycles. The zero-order valence-electron chi connectivity index (χ0n) is 8.11. The number of hydrogen-bond donors (Lipinski definition) is 3. The van der Waals surface area contributed by atoms with E-state index in [0.717, 1.165) is 5.56 Å². The zero-order valence-corrected chi connectivity index (χ0v) is 8.11. The topological polar surface area (TPSA) is 83.5 Å². The van der Waals surface area contributed by atoms with Crippen LogP contribution in [0, 0.1) is 6.92 Å². The summed E-state index contributed by atoms with van der Waals surface area (Å²) in [6, 6.07) is 2.73. The second-order valence-corrected chi connectivity index (χ2v) is 3.34. The van der Waals surface area contributed by atoms with Gasteiger partial charge in [-0.15, -0.1) is 0 Å². The van der Waals surface area contributed by atoms with Crippen molar-refractivity contribution >= 4 is 5.97 Å². The molecule has 1 atom stereocenters. The molecular formula is C10H13NO3. The van der Waals surface area contributed by atoms with Crippen molar-refractivity contribution in [3.63, 3.8) is 0 Å². The lowest BCUT2D eigenvalue weighted by Crippen LogP contribution is -2.08. The third kappa shape index (κ3) is 1.85. The number of nitrogens with two attached hydrogens (primary N) is 1. The van der Waals surface area contributed by atoms with Gasteiger partial charge in [0.05, 0.1) is 0 Å². The van der Waals surface area contributed by atoms with Gasteiger partial charge in [-0.25, -0.2) is 4.79 Å². The van der Waals surface area contributed by atoms with Crippen LogP contribution in [0.5, 0.6) is 5.75 Å². The highest BCUT2D eigenvalue weighted by atomic mass is 16.4. The summed E-state index contributed by atoms with van der Waals surface area (Å²) in [7, 11) is 0. The van der Waals surface area contributed by atoms with Gasteiger partial charge in [-0.05, 0) is 25.5 Å². The zero-order chi connectivity index (χ0) is 10.9. The summed E-state index contributed by atoms with van der Waals surface area (Å²) in [6.07, 6.45) is 0. The molecule has 0 fully saturated rings. The van der Waals surface area contributed by atoms with Crippen LogP contribution in [0.25, 0.3) is 0 Å². The number of aryl methyl sites for hydroxylation is 1. The van der Waals surface area contributed by atoms with Crippen LogP contribution in [-0.4, -0.2) is 16.2 Å². The molecule has 1 aromatic rings. The van der Waals surface area contributed by atoms with Crippen LogP contribution in [0.1, 0.15) is 34.5 Å². The lowest BCUT2D eigenvalue weighted by atomic mass is 10.0. The average molecular weight is 195 g/mol. The second-order valence-electron chi connectivity index (χ2n) is 3.34. The summed E-state index contributed by atoms with van der Waals surface area (Å²) in [5.41, 5.74) is 6.73. The van der Waals surface area contributed by atoms with Crippen LogP contribution in [0.4, 0.5) is 0 Å². The molecule has 76 valence electrons. The molecule has 0 aliphatic rings. The SMILES string of the molecule is Cc1cc(C(=O)O)c(O)c([C@H](C)N)c1. The number of carboxylic acid groups (broad SMARTS) is 1. The number of hydrogen-bond acceptors (Lipinski definition) is 3. The Morgan fingerprint density at radius 3 is 2.50 bits per heavy atom. The maximum Gasteiger partial charge on any atom is 0.339 e. The summed E-state index contributed by atoms with van der Waals surface area (Å²) < 4.78 is 0. The van der Waals surface area contributed by atoms with Crippen molar-refractivity contribution in [2.75, 3.05) is 0 Å². The summed E-state index contributed by atoms with van der Waals surface area (Å²) in [4.78, 5) is 10.7. The number of benzene rings is 1. The largest absolute Gasteiger partial charge is 0.507 e. The van der Waals surface area contributed by atoms with Gasteiger partial charge >= 0.3 is 5.97 Å². The normalized spacial score (nSPS) is 12.5. The molecule has 0 radical (unpaired) electrons. The van der Waals surface area contributed by atoms with Gasteiger partial charge in [0, 0.05) is 11.6 Å². The van der Waals surface area contributed by atoms with Crippen LogP contribution in [0.3, 0.4) is 0 Å². The molecule has 0 amide bonds. The molecule has 0 heterocycles. The van der Waals surface area contributed by atoms with Gasteiger partial charge in [0.15, 0.2) is 0 Å². The molecule has 1 rings (SSSR count). The number of carbonyl (C=O) groups is 1. The van der Waals surface area contributed by atoms with Crippen LogP contribution < -0.4 is 5.73 Å². The standard InChI is InChI=1S/C10H13NO3/c1-5-3-7(6(2)11)9(12)8(4-5)10(13)14/h3-4,6,12H,11H2,1-2H3,(H,13,14)/t6-/m0/s1. The Kier molecular flexibility index (Phi) is 2.76. The molecule has 0 saturated carbocycles. The molecule has 0 aliphatic carbocycles. The second kappa shape index (κ2) is 3.67. The van der Waals surface area contributed by atoms with Crippen molar-refractivity contribution in [3.8, 4) is 5.75 Å². The van der Waals surface area contributed by atoms with E-state index < -0.39 is 5.97 Å². The summed E-state index contributed by atoms with van der Waals surface area (Å²) in [6.45, 7) is 3.46. The van der Waals surface area contributed by atoms with Gasteiger partial charge in [-0.3, -0.25) is 0 Å². The number of phenols is 1.